The van der Waals surface area contributed by atoms with Crippen LogP contribution in [0.2, 0.25) is 0 Å². The van der Waals surface area contributed by atoms with Gasteiger partial charge in [-0.25, -0.2) is 17.9 Å². The molecule has 1 saturated heterocycles. The van der Waals surface area contributed by atoms with Gasteiger partial charge in [-0.2, -0.15) is 0 Å². The van der Waals surface area contributed by atoms with Crippen molar-refractivity contribution in [2.24, 2.45) is 0 Å². The summed E-state index contributed by atoms with van der Waals surface area (Å²) in [5.41, 5.74) is -0.0714. The van der Waals surface area contributed by atoms with E-state index in [0.717, 1.165) is 6.07 Å². The lowest BCUT2D eigenvalue weighted by molar-refractivity contribution is -0.119. The van der Waals surface area contributed by atoms with Crippen molar-refractivity contribution < 1.29 is 23.1 Å². The second-order valence-electron chi connectivity index (χ2n) is 4.89. The SMILES string of the molecule is CCCn1cc(S(=O)(=O)NC2CNC(=O)C2)cc1C(=O)O. The average Bonchev–Trinajstić information content (AvgIpc) is 2.96. The molecule has 1 aromatic rings. The molecule has 0 aromatic carbocycles. The lowest BCUT2D eigenvalue weighted by Crippen LogP contribution is -2.36. The number of carboxylic acids is 1. The number of carbonyl (C=O) groups is 2. The van der Waals surface area contributed by atoms with E-state index < -0.39 is 22.0 Å². The van der Waals surface area contributed by atoms with Crippen molar-refractivity contribution in [3.05, 3.63) is 18.0 Å². The number of hydrogen-bond donors (Lipinski definition) is 3. The highest BCUT2D eigenvalue weighted by Crippen LogP contribution is 2.16. The van der Waals surface area contributed by atoms with E-state index in [2.05, 4.69) is 10.0 Å². The Morgan fingerprint density at radius 1 is 1.57 bits per heavy atom. The minimum atomic E-state index is -3.85. The maximum atomic E-state index is 12.2. The van der Waals surface area contributed by atoms with Gasteiger partial charge in [0, 0.05) is 31.7 Å². The minimum Gasteiger partial charge on any atom is -0.477 e. The van der Waals surface area contributed by atoms with Gasteiger partial charge in [0.1, 0.15) is 10.6 Å². The number of carboxylic acid groups (broad SMARTS) is 1. The molecule has 9 heteroatoms. The molecular weight excluding hydrogens is 298 g/mol. The first-order chi connectivity index (χ1) is 9.83. The summed E-state index contributed by atoms with van der Waals surface area (Å²) in [6, 6.07) is 0.621. The Labute approximate surface area is 122 Å². The molecule has 1 unspecified atom stereocenters. The number of carbonyl (C=O) groups excluding carboxylic acids is 1. The van der Waals surface area contributed by atoms with Crippen molar-refractivity contribution in [1.29, 1.82) is 0 Å². The molecule has 116 valence electrons. The summed E-state index contributed by atoms with van der Waals surface area (Å²) in [7, 11) is -3.85. The summed E-state index contributed by atoms with van der Waals surface area (Å²) in [6.07, 6.45) is 2.07. The van der Waals surface area contributed by atoms with Gasteiger partial charge in [0.15, 0.2) is 0 Å². The van der Waals surface area contributed by atoms with Gasteiger partial charge in [-0.1, -0.05) is 6.92 Å². The molecule has 8 nitrogen and oxygen atoms in total. The highest BCUT2D eigenvalue weighted by atomic mass is 32.2. The van der Waals surface area contributed by atoms with Gasteiger partial charge in [-0.15, -0.1) is 0 Å². The fourth-order valence-corrected chi connectivity index (χ4v) is 3.49. The van der Waals surface area contributed by atoms with Crippen molar-refractivity contribution in [3.63, 3.8) is 0 Å². The van der Waals surface area contributed by atoms with E-state index >= 15 is 0 Å². The van der Waals surface area contributed by atoms with Crippen LogP contribution in [-0.2, 0) is 21.4 Å². The third kappa shape index (κ3) is 3.42. The summed E-state index contributed by atoms with van der Waals surface area (Å²) in [5.74, 6) is -1.39. The standard InChI is InChI=1S/C12H17N3O5S/c1-2-3-15-7-9(5-10(15)12(17)18)21(19,20)14-8-4-11(16)13-6-8/h5,7-8,14H,2-4,6H2,1H3,(H,13,16)(H,17,18). The quantitative estimate of drug-likeness (QED) is 0.670. The molecular formula is C12H17N3O5S. The van der Waals surface area contributed by atoms with Gasteiger partial charge in [-0.05, 0) is 12.5 Å². The molecule has 0 saturated carbocycles. The molecule has 0 bridgehead atoms. The molecule has 2 rings (SSSR count). The van der Waals surface area contributed by atoms with Crippen LogP contribution in [0.3, 0.4) is 0 Å². The van der Waals surface area contributed by atoms with Crippen molar-refractivity contribution in [1.82, 2.24) is 14.6 Å². The van der Waals surface area contributed by atoms with Crippen LogP contribution < -0.4 is 10.0 Å². The monoisotopic (exact) mass is 315 g/mol. The Bertz CT molecular complexity index is 664. The summed E-state index contributed by atoms with van der Waals surface area (Å²) < 4.78 is 28.3. The van der Waals surface area contributed by atoms with E-state index in [1.54, 1.807) is 0 Å². The summed E-state index contributed by atoms with van der Waals surface area (Å²) >= 11 is 0. The summed E-state index contributed by atoms with van der Waals surface area (Å²) in [5, 5.41) is 11.6. The molecule has 1 aliphatic heterocycles. The van der Waals surface area contributed by atoms with Gasteiger partial charge >= 0.3 is 5.97 Å². The second-order valence-corrected chi connectivity index (χ2v) is 6.60. The van der Waals surface area contributed by atoms with Gasteiger partial charge in [0.05, 0.1) is 0 Å². The largest absolute Gasteiger partial charge is 0.477 e. The lowest BCUT2D eigenvalue weighted by atomic mass is 10.3. The van der Waals surface area contributed by atoms with E-state index in [9.17, 15) is 18.0 Å². The maximum absolute atomic E-state index is 12.2. The molecule has 0 radical (unpaired) electrons. The second kappa shape index (κ2) is 5.86. The van der Waals surface area contributed by atoms with Crippen molar-refractivity contribution >= 4 is 21.9 Å². The maximum Gasteiger partial charge on any atom is 0.352 e. The number of aromatic nitrogens is 1. The Morgan fingerprint density at radius 3 is 2.81 bits per heavy atom. The fraction of sp³-hybridized carbons (Fsp3) is 0.500. The molecule has 21 heavy (non-hydrogen) atoms. The molecule has 0 aliphatic carbocycles. The first-order valence-electron chi connectivity index (χ1n) is 6.56. The number of hydrogen-bond acceptors (Lipinski definition) is 4. The van der Waals surface area contributed by atoms with Crippen LogP contribution in [-0.4, -0.2) is 42.6 Å². The highest BCUT2D eigenvalue weighted by molar-refractivity contribution is 7.89. The van der Waals surface area contributed by atoms with Crippen LogP contribution in [0.5, 0.6) is 0 Å². The van der Waals surface area contributed by atoms with Crippen molar-refractivity contribution in [3.8, 4) is 0 Å². The van der Waals surface area contributed by atoms with Gasteiger partial charge in [0.2, 0.25) is 15.9 Å². The number of rotatable bonds is 6. The van der Waals surface area contributed by atoms with Gasteiger partial charge in [0.25, 0.3) is 0 Å². The van der Waals surface area contributed by atoms with Crippen LogP contribution in [0.15, 0.2) is 17.2 Å². The van der Waals surface area contributed by atoms with Crippen LogP contribution >= 0.6 is 0 Å². The highest BCUT2D eigenvalue weighted by Gasteiger charge is 2.28. The zero-order valence-corrected chi connectivity index (χ0v) is 12.3. The number of sulfonamides is 1. The predicted molar refractivity (Wildman–Crippen MR) is 73.4 cm³/mol. The molecule has 1 aromatic heterocycles. The molecule has 1 amide bonds. The van der Waals surface area contributed by atoms with E-state index in [-0.39, 0.29) is 29.5 Å². The van der Waals surface area contributed by atoms with Crippen LogP contribution in [0, 0.1) is 0 Å². The summed E-state index contributed by atoms with van der Waals surface area (Å²) in [4.78, 5) is 22.1. The van der Waals surface area contributed by atoms with Gasteiger partial charge in [-0.3, -0.25) is 4.79 Å². The molecule has 1 aliphatic rings. The van der Waals surface area contributed by atoms with E-state index in [1.807, 2.05) is 6.92 Å². The molecule has 1 fully saturated rings. The van der Waals surface area contributed by atoms with Crippen LogP contribution in [0.25, 0.3) is 0 Å². The Morgan fingerprint density at radius 2 is 2.29 bits per heavy atom. The molecule has 2 heterocycles. The van der Waals surface area contributed by atoms with E-state index in [1.165, 1.54) is 10.8 Å². The number of aromatic carboxylic acids is 1. The molecule has 1 atom stereocenters. The topological polar surface area (TPSA) is 118 Å². The predicted octanol–water partition coefficient (Wildman–Crippen LogP) is -0.237. The van der Waals surface area contributed by atoms with Crippen LogP contribution in [0.4, 0.5) is 0 Å². The number of aryl methyl sites for hydroxylation is 1. The normalized spacial score (nSPS) is 18.7. The Hall–Kier alpha value is -1.87. The molecule has 3 N–H and O–H groups in total. The number of nitrogens with zero attached hydrogens (tertiary/aromatic N) is 1. The van der Waals surface area contributed by atoms with E-state index in [4.69, 9.17) is 5.11 Å². The van der Waals surface area contributed by atoms with Gasteiger partial charge < -0.3 is 15.0 Å². The Balaban J connectivity index is 2.25. The fourth-order valence-electron chi connectivity index (χ4n) is 2.21. The Kier molecular flexibility index (Phi) is 4.33. The third-order valence-electron chi connectivity index (χ3n) is 3.16. The zero-order chi connectivity index (χ0) is 15.6. The summed E-state index contributed by atoms with van der Waals surface area (Å²) in [6.45, 7) is 2.52. The first kappa shape index (κ1) is 15.5. The molecule has 0 spiro atoms. The zero-order valence-electron chi connectivity index (χ0n) is 11.5. The number of nitrogens with one attached hydrogen (secondary N) is 2. The van der Waals surface area contributed by atoms with Crippen molar-refractivity contribution in [2.75, 3.05) is 6.54 Å². The lowest BCUT2D eigenvalue weighted by Gasteiger charge is -2.09. The van der Waals surface area contributed by atoms with Crippen molar-refractivity contribution in [2.45, 2.75) is 37.2 Å². The minimum absolute atomic E-state index is 0.0714. The van der Waals surface area contributed by atoms with E-state index in [0.29, 0.717) is 13.0 Å². The first-order valence-corrected chi connectivity index (χ1v) is 8.04. The number of amides is 1. The smallest absolute Gasteiger partial charge is 0.352 e. The van der Waals surface area contributed by atoms with Crippen LogP contribution in [0.1, 0.15) is 30.3 Å². The average molecular weight is 315 g/mol. The third-order valence-corrected chi connectivity index (χ3v) is 4.65.